The summed E-state index contributed by atoms with van der Waals surface area (Å²) in [5, 5.41) is 3.41. The Morgan fingerprint density at radius 3 is 2.79 bits per heavy atom. The Bertz CT molecular complexity index is 527. The highest BCUT2D eigenvalue weighted by Gasteiger charge is 2.38. The maximum Gasteiger partial charge on any atom is 0.309 e. The van der Waals surface area contributed by atoms with Gasteiger partial charge in [0.1, 0.15) is 0 Å². The average Bonchev–Trinajstić information content (AvgIpc) is 2.74. The van der Waals surface area contributed by atoms with Gasteiger partial charge in [-0.1, -0.05) is 30.3 Å². The molecule has 1 aliphatic carbocycles. The standard InChI is InChI=1S/C16H19NO2/c1-19-15(18)10-12-11-16(6-8-17-9-7-16)14-5-3-2-4-13(12)14/h2-5,11,17H,6-10H2,1H3. The number of carbonyl (C=O) groups is 1. The van der Waals surface area contributed by atoms with Crippen molar-refractivity contribution in [3.63, 3.8) is 0 Å². The molecule has 3 heteroatoms. The van der Waals surface area contributed by atoms with E-state index < -0.39 is 0 Å². The molecule has 1 heterocycles. The van der Waals surface area contributed by atoms with E-state index in [-0.39, 0.29) is 11.4 Å². The van der Waals surface area contributed by atoms with Gasteiger partial charge in [-0.15, -0.1) is 0 Å². The van der Waals surface area contributed by atoms with Crippen molar-refractivity contribution in [2.45, 2.75) is 24.7 Å². The average molecular weight is 257 g/mol. The van der Waals surface area contributed by atoms with Crippen LogP contribution < -0.4 is 5.32 Å². The van der Waals surface area contributed by atoms with Gasteiger partial charge in [-0.2, -0.15) is 0 Å². The molecule has 100 valence electrons. The second kappa shape index (κ2) is 4.82. The molecule has 0 saturated carbocycles. The summed E-state index contributed by atoms with van der Waals surface area (Å²) in [5.74, 6) is -0.160. The Kier molecular flexibility index (Phi) is 3.15. The van der Waals surface area contributed by atoms with E-state index in [1.165, 1.54) is 18.2 Å². The molecule has 0 radical (unpaired) electrons. The molecule has 1 aliphatic heterocycles. The first-order valence-electron chi connectivity index (χ1n) is 6.84. The molecule has 1 fully saturated rings. The molecule has 3 nitrogen and oxygen atoms in total. The topological polar surface area (TPSA) is 38.3 Å². The van der Waals surface area contributed by atoms with Crippen LogP contribution in [0.3, 0.4) is 0 Å². The minimum Gasteiger partial charge on any atom is -0.469 e. The summed E-state index contributed by atoms with van der Waals surface area (Å²) in [6.45, 7) is 2.08. The predicted molar refractivity (Wildman–Crippen MR) is 74.8 cm³/mol. The summed E-state index contributed by atoms with van der Waals surface area (Å²) in [6, 6.07) is 8.48. The van der Waals surface area contributed by atoms with E-state index in [0.717, 1.165) is 31.5 Å². The molecule has 2 aliphatic rings. The van der Waals surface area contributed by atoms with Gasteiger partial charge in [-0.25, -0.2) is 0 Å². The molecular weight excluding hydrogens is 238 g/mol. The van der Waals surface area contributed by atoms with Gasteiger partial charge >= 0.3 is 5.97 Å². The van der Waals surface area contributed by atoms with E-state index >= 15 is 0 Å². The summed E-state index contributed by atoms with van der Waals surface area (Å²) in [5.41, 5.74) is 3.88. The number of rotatable bonds is 2. The zero-order valence-electron chi connectivity index (χ0n) is 11.2. The number of esters is 1. The first-order valence-corrected chi connectivity index (χ1v) is 6.84. The van der Waals surface area contributed by atoms with Crippen LogP contribution in [0, 0.1) is 0 Å². The fourth-order valence-electron chi connectivity index (χ4n) is 3.35. The Balaban J connectivity index is 2.00. The number of ether oxygens (including phenoxy) is 1. The van der Waals surface area contributed by atoms with Gasteiger partial charge in [-0.05, 0) is 42.6 Å². The number of hydrogen-bond acceptors (Lipinski definition) is 3. The summed E-state index contributed by atoms with van der Waals surface area (Å²) < 4.78 is 4.81. The number of carbonyl (C=O) groups excluding carboxylic acids is 1. The number of methoxy groups -OCH3 is 1. The van der Waals surface area contributed by atoms with Crippen molar-refractivity contribution in [2.24, 2.45) is 0 Å². The third-order valence-electron chi connectivity index (χ3n) is 4.32. The summed E-state index contributed by atoms with van der Waals surface area (Å²) in [6.07, 6.45) is 4.90. The lowest BCUT2D eigenvalue weighted by Crippen LogP contribution is -2.37. The molecule has 1 saturated heterocycles. The Labute approximate surface area is 113 Å². The highest BCUT2D eigenvalue weighted by Crippen LogP contribution is 2.46. The molecule has 0 bridgehead atoms. The normalized spacial score (nSPS) is 19.9. The molecular formula is C16H19NO2. The van der Waals surface area contributed by atoms with Crippen LogP contribution in [-0.4, -0.2) is 26.2 Å². The van der Waals surface area contributed by atoms with Crippen LogP contribution in [0.4, 0.5) is 0 Å². The van der Waals surface area contributed by atoms with Crippen molar-refractivity contribution in [2.75, 3.05) is 20.2 Å². The van der Waals surface area contributed by atoms with Crippen molar-refractivity contribution < 1.29 is 9.53 Å². The first kappa shape index (κ1) is 12.4. The smallest absolute Gasteiger partial charge is 0.309 e. The van der Waals surface area contributed by atoms with Crippen molar-refractivity contribution in [3.8, 4) is 0 Å². The SMILES string of the molecule is COC(=O)CC1=CC2(CCNCC2)c2ccccc21. The molecule has 0 amide bonds. The van der Waals surface area contributed by atoms with Gasteiger partial charge in [0.15, 0.2) is 0 Å². The Morgan fingerprint density at radius 2 is 2.05 bits per heavy atom. The quantitative estimate of drug-likeness (QED) is 0.826. The Morgan fingerprint density at radius 1 is 1.32 bits per heavy atom. The van der Waals surface area contributed by atoms with Crippen molar-refractivity contribution in [3.05, 3.63) is 41.5 Å². The third-order valence-corrected chi connectivity index (χ3v) is 4.32. The summed E-state index contributed by atoms with van der Waals surface area (Å²) in [4.78, 5) is 11.6. The van der Waals surface area contributed by atoms with E-state index in [9.17, 15) is 4.79 Å². The number of fused-ring (bicyclic) bond motifs is 2. The van der Waals surface area contributed by atoms with E-state index in [1.807, 2.05) is 6.07 Å². The van der Waals surface area contributed by atoms with Crippen LogP contribution >= 0.6 is 0 Å². The van der Waals surface area contributed by atoms with Gasteiger partial charge in [0.2, 0.25) is 0 Å². The minimum atomic E-state index is -0.160. The van der Waals surface area contributed by atoms with E-state index in [4.69, 9.17) is 4.74 Å². The number of piperidine rings is 1. The van der Waals surface area contributed by atoms with E-state index in [1.54, 1.807) is 0 Å². The highest BCUT2D eigenvalue weighted by molar-refractivity contribution is 5.89. The molecule has 3 rings (SSSR count). The monoisotopic (exact) mass is 257 g/mol. The largest absolute Gasteiger partial charge is 0.469 e. The number of allylic oxidation sites excluding steroid dienone is 1. The van der Waals surface area contributed by atoms with E-state index in [0.29, 0.717) is 6.42 Å². The van der Waals surface area contributed by atoms with Gasteiger partial charge in [-0.3, -0.25) is 4.79 Å². The van der Waals surface area contributed by atoms with Gasteiger partial charge in [0, 0.05) is 5.41 Å². The van der Waals surface area contributed by atoms with Gasteiger partial charge in [0.05, 0.1) is 13.5 Å². The predicted octanol–water partition coefficient (Wildman–Crippen LogP) is 2.27. The molecule has 0 unspecified atom stereocenters. The van der Waals surface area contributed by atoms with Crippen LogP contribution in [0.5, 0.6) is 0 Å². The molecule has 1 N–H and O–H groups in total. The summed E-state index contributed by atoms with van der Waals surface area (Å²) in [7, 11) is 1.45. The second-order valence-corrected chi connectivity index (χ2v) is 5.37. The zero-order valence-corrected chi connectivity index (χ0v) is 11.2. The van der Waals surface area contributed by atoms with Crippen LogP contribution in [0.2, 0.25) is 0 Å². The van der Waals surface area contributed by atoms with Crippen LogP contribution in [-0.2, 0) is 14.9 Å². The van der Waals surface area contributed by atoms with E-state index in [2.05, 4.69) is 29.6 Å². The van der Waals surface area contributed by atoms with Crippen LogP contribution in [0.15, 0.2) is 30.3 Å². The molecule has 1 aromatic carbocycles. The zero-order chi connectivity index (χ0) is 13.3. The molecule has 1 aromatic rings. The lowest BCUT2D eigenvalue weighted by molar-refractivity contribution is -0.139. The molecule has 0 aromatic heterocycles. The number of hydrogen-bond donors (Lipinski definition) is 1. The lowest BCUT2D eigenvalue weighted by atomic mass is 9.75. The molecule has 1 spiro atoms. The maximum absolute atomic E-state index is 11.6. The van der Waals surface area contributed by atoms with Crippen molar-refractivity contribution >= 4 is 11.5 Å². The highest BCUT2D eigenvalue weighted by atomic mass is 16.5. The second-order valence-electron chi connectivity index (χ2n) is 5.37. The fraction of sp³-hybridized carbons (Fsp3) is 0.438. The van der Waals surface area contributed by atoms with Gasteiger partial charge in [0.25, 0.3) is 0 Å². The van der Waals surface area contributed by atoms with Crippen LogP contribution in [0.25, 0.3) is 5.57 Å². The minimum absolute atomic E-state index is 0.130. The van der Waals surface area contributed by atoms with Crippen molar-refractivity contribution in [1.29, 1.82) is 0 Å². The summed E-state index contributed by atoms with van der Waals surface area (Å²) >= 11 is 0. The third kappa shape index (κ3) is 2.08. The fourth-order valence-corrected chi connectivity index (χ4v) is 3.35. The maximum atomic E-state index is 11.6. The van der Waals surface area contributed by atoms with Crippen molar-refractivity contribution in [1.82, 2.24) is 5.32 Å². The van der Waals surface area contributed by atoms with Gasteiger partial charge < -0.3 is 10.1 Å². The number of nitrogens with one attached hydrogen (secondary N) is 1. The van der Waals surface area contributed by atoms with Crippen LogP contribution in [0.1, 0.15) is 30.4 Å². The molecule has 0 atom stereocenters. The Hall–Kier alpha value is -1.61. The number of benzene rings is 1. The molecule has 19 heavy (non-hydrogen) atoms. The lowest BCUT2D eigenvalue weighted by Gasteiger charge is -2.33. The first-order chi connectivity index (χ1) is 9.25.